The molecule has 21 heavy (non-hydrogen) atoms. The van der Waals surface area contributed by atoms with Crippen LogP contribution in [0.2, 0.25) is 0 Å². The van der Waals surface area contributed by atoms with E-state index in [1.54, 1.807) is 19.1 Å². The highest BCUT2D eigenvalue weighted by Gasteiger charge is 2.29. The van der Waals surface area contributed by atoms with Gasteiger partial charge < -0.3 is 5.32 Å². The average molecular weight is 331 g/mol. The number of nitrogens with one attached hydrogen (secondary N) is 1. The Morgan fingerprint density at radius 1 is 1.43 bits per heavy atom. The Morgan fingerprint density at radius 3 is 2.67 bits per heavy atom. The van der Waals surface area contributed by atoms with Gasteiger partial charge in [-0.2, -0.15) is 0 Å². The van der Waals surface area contributed by atoms with Crippen molar-refractivity contribution < 1.29 is 17.6 Å². The van der Waals surface area contributed by atoms with E-state index in [2.05, 4.69) is 5.32 Å². The summed E-state index contributed by atoms with van der Waals surface area (Å²) in [4.78, 5) is 12.0. The van der Waals surface area contributed by atoms with Gasteiger partial charge in [-0.1, -0.05) is 12.1 Å². The van der Waals surface area contributed by atoms with Crippen LogP contribution in [-0.2, 0) is 20.4 Å². The van der Waals surface area contributed by atoms with E-state index in [-0.39, 0.29) is 34.5 Å². The fraction of sp³-hybridized carbons (Fsp3) is 0.500. The number of amides is 1. The second kappa shape index (κ2) is 6.79. The zero-order valence-electron chi connectivity index (χ0n) is 11.7. The Labute approximate surface area is 128 Å². The molecule has 0 aliphatic carbocycles. The summed E-state index contributed by atoms with van der Waals surface area (Å²) in [6.07, 6.45) is 0.490. The number of halogens is 1. The summed E-state index contributed by atoms with van der Waals surface area (Å²) in [5, 5.41) is 2.50. The molecule has 0 spiro atoms. The molecule has 0 unspecified atom stereocenters. The number of rotatable bonds is 5. The van der Waals surface area contributed by atoms with E-state index in [4.69, 9.17) is 0 Å². The SMILES string of the molecule is C[C@H](SCc1ccc(F)cc1)C(=O)N[C@H]1CCS(=O)(=O)C1. The van der Waals surface area contributed by atoms with E-state index in [0.717, 1.165) is 5.56 Å². The first kappa shape index (κ1) is 16.3. The Morgan fingerprint density at radius 2 is 2.10 bits per heavy atom. The molecule has 0 bridgehead atoms. The Balaban J connectivity index is 1.79. The van der Waals surface area contributed by atoms with Gasteiger partial charge in [-0.05, 0) is 31.0 Å². The summed E-state index contributed by atoms with van der Waals surface area (Å²) in [7, 11) is -2.98. The van der Waals surface area contributed by atoms with Crippen LogP contribution in [0.5, 0.6) is 0 Å². The molecule has 0 saturated carbocycles. The van der Waals surface area contributed by atoms with Gasteiger partial charge in [-0.3, -0.25) is 4.79 Å². The molecule has 1 aromatic carbocycles. The van der Waals surface area contributed by atoms with Crippen LogP contribution < -0.4 is 5.32 Å². The van der Waals surface area contributed by atoms with Gasteiger partial charge in [0.1, 0.15) is 5.82 Å². The van der Waals surface area contributed by atoms with Crippen molar-refractivity contribution in [1.82, 2.24) is 5.32 Å². The van der Waals surface area contributed by atoms with E-state index in [9.17, 15) is 17.6 Å². The van der Waals surface area contributed by atoms with Crippen molar-refractivity contribution in [3.05, 3.63) is 35.6 Å². The standard InChI is InChI=1S/C14H18FNO3S2/c1-10(20-8-11-2-4-12(15)5-3-11)14(17)16-13-6-7-21(18,19)9-13/h2-5,10,13H,6-9H2,1H3,(H,16,17)/t10-,13-/m0/s1. The lowest BCUT2D eigenvalue weighted by Gasteiger charge is -2.15. The second-order valence-electron chi connectivity index (χ2n) is 5.19. The highest BCUT2D eigenvalue weighted by atomic mass is 32.2. The Hall–Kier alpha value is -1.08. The smallest absolute Gasteiger partial charge is 0.233 e. The molecular weight excluding hydrogens is 313 g/mol. The largest absolute Gasteiger partial charge is 0.351 e. The van der Waals surface area contributed by atoms with E-state index in [0.29, 0.717) is 12.2 Å². The van der Waals surface area contributed by atoms with E-state index < -0.39 is 9.84 Å². The Bertz CT molecular complexity index is 601. The van der Waals surface area contributed by atoms with Gasteiger partial charge in [-0.25, -0.2) is 12.8 Å². The lowest BCUT2D eigenvalue weighted by molar-refractivity contribution is -0.120. The zero-order valence-corrected chi connectivity index (χ0v) is 13.3. The molecule has 1 N–H and O–H groups in total. The lowest BCUT2D eigenvalue weighted by atomic mass is 10.2. The van der Waals surface area contributed by atoms with E-state index >= 15 is 0 Å². The fourth-order valence-corrected chi connectivity index (χ4v) is 4.63. The molecule has 1 amide bonds. The van der Waals surface area contributed by atoms with Crippen LogP contribution in [0.3, 0.4) is 0 Å². The molecule has 0 radical (unpaired) electrons. The van der Waals surface area contributed by atoms with Gasteiger partial charge in [-0.15, -0.1) is 11.8 Å². The highest BCUT2D eigenvalue weighted by Crippen LogP contribution is 2.19. The molecule has 7 heteroatoms. The summed E-state index contributed by atoms with van der Waals surface area (Å²) in [6.45, 7) is 1.78. The molecule has 4 nitrogen and oxygen atoms in total. The zero-order chi connectivity index (χ0) is 15.5. The van der Waals surface area contributed by atoms with Gasteiger partial charge in [0.2, 0.25) is 5.91 Å². The van der Waals surface area contributed by atoms with Crippen LogP contribution in [0, 0.1) is 5.82 Å². The summed E-state index contributed by atoms with van der Waals surface area (Å²) in [6, 6.07) is 5.90. The van der Waals surface area contributed by atoms with Gasteiger partial charge in [0.25, 0.3) is 0 Å². The summed E-state index contributed by atoms with van der Waals surface area (Å²) in [5.74, 6) is 0.363. The molecule has 2 atom stereocenters. The molecule has 1 heterocycles. The van der Waals surface area contributed by atoms with Crippen LogP contribution in [0.1, 0.15) is 18.9 Å². The van der Waals surface area contributed by atoms with Crippen LogP contribution >= 0.6 is 11.8 Å². The number of hydrogen-bond acceptors (Lipinski definition) is 4. The third-order valence-corrected chi connectivity index (χ3v) is 6.34. The Kier molecular flexibility index (Phi) is 5.27. The maximum absolute atomic E-state index is 12.8. The maximum Gasteiger partial charge on any atom is 0.233 e. The predicted molar refractivity (Wildman–Crippen MR) is 82.4 cm³/mol. The molecule has 1 aliphatic heterocycles. The molecule has 1 aliphatic rings. The van der Waals surface area contributed by atoms with Crippen molar-refractivity contribution in [3.63, 3.8) is 0 Å². The molecule has 1 saturated heterocycles. The van der Waals surface area contributed by atoms with Crippen LogP contribution in [0.4, 0.5) is 4.39 Å². The van der Waals surface area contributed by atoms with Gasteiger partial charge >= 0.3 is 0 Å². The number of thioether (sulfide) groups is 1. The van der Waals surface area contributed by atoms with Crippen LogP contribution in [0.25, 0.3) is 0 Å². The van der Waals surface area contributed by atoms with Crippen molar-refractivity contribution in [2.24, 2.45) is 0 Å². The monoisotopic (exact) mass is 331 g/mol. The molecule has 2 rings (SSSR count). The number of hydrogen-bond donors (Lipinski definition) is 1. The highest BCUT2D eigenvalue weighted by molar-refractivity contribution is 7.99. The minimum absolute atomic E-state index is 0.0358. The van der Waals surface area contributed by atoms with Crippen molar-refractivity contribution in [2.45, 2.75) is 30.4 Å². The number of carbonyl (C=O) groups is 1. The summed E-state index contributed by atoms with van der Waals surface area (Å²) in [5.41, 5.74) is 0.949. The quantitative estimate of drug-likeness (QED) is 0.893. The van der Waals surface area contributed by atoms with Crippen molar-refractivity contribution in [2.75, 3.05) is 11.5 Å². The molecule has 0 aromatic heterocycles. The number of benzene rings is 1. The minimum Gasteiger partial charge on any atom is -0.351 e. The normalized spacial score (nSPS) is 21.9. The minimum atomic E-state index is -2.98. The second-order valence-corrected chi connectivity index (χ2v) is 8.75. The predicted octanol–water partition coefficient (Wildman–Crippen LogP) is 1.75. The maximum atomic E-state index is 12.8. The van der Waals surface area contributed by atoms with Gasteiger partial charge in [0.15, 0.2) is 9.84 Å². The first-order valence-electron chi connectivity index (χ1n) is 6.72. The molecule has 116 valence electrons. The summed E-state index contributed by atoms with van der Waals surface area (Å²) >= 11 is 1.44. The molecular formula is C14H18FNO3S2. The third-order valence-electron chi connectivity index (χ3n) is 3.36. The summed E-state index contributed by atoms with van der Waals surface area (Å²) < 4.78 is 35.5. The topological polar surface area (TPSA) is 63.2 Å². The molecule has 1 fully saturated rings. The van der Waals surface area contributed by atoms with Crippen molar-refractivity contribution in [1.29, 1.82) is 0 Å². The first-order chi connectivity index (χ1) is 9.85. The third kappa shape index (κ3) is 5.00. The van der Waals surface area contributed by atoms with Gasteiger partial charge in [0, 0.05) is 11.8 Å². The van der Waals surface area contributed by atoms with E-state index in [1.165, 1.54) is 23.9 Å². The molecule has 1 aromatic rings. The van der Waals surface area contributed by atoms with Crippen molar-refractivity contribution >= 4 is 27.5 Å². The van der Waals surface area contributed by atoms with Gasteiger partial charge in [0.05, 0.1) is 16.8 Å². The van der Waals surface area contributed by atoms with Crippen molar-refractivity contribution in [3.8, 4) is 0 Å². The number of sulfone groups is 1. The lowest BCUT2D eigenvalue weighted by Crippen LogP contribution is -2.40. The number of carbonyl (C=O) groups excluding carboxylic acids is 1. The van der Waals surface area contributed by atoms with E-state index in [1.807, 2.05) is 0 Å². The van der Waals surface area contributed by atoms with Crippen LogP contribution in [-0.4, -0.2) is 37.1 Å². The average Bonchev–Trinajstić information content (AvgIpc) is 2.77. The van der Waals surface area contributed by atoms with Crippen LogP contribution in [0.15, 0.2) is 24.3 Å². The first-order valence-corrected chi connectivity index (χ1v) is 9.59. The fourth-order valence-electron chi connectivity index (χ4n) is 2.10.